The van der Waals surface area contributed by atoms with Crippen molar-refractivity contribution in [3.8, 4) is 0 Å². The predicted octanol–water partition coefficient (Wildman–Crippen LogP) is 0.631. The molecule has 1 saturated carbocycles. The van der Waals surface area contributed by atoms with E-state index in [-0.39, 0.29) is 6.61 Å². The van der Waals surface area contributed by atoms with Gasteiger partial charge in [0.1, 0.15) is 0 Å². The molecule has 13 heavy (non-hydrogen) atoms. The van der Waals surface area contributed by atoms with E-state index in [1.165, 1.54) is 19.3 Å². The van der Waals surface area contributed by atoms with Crippen LogP contribution >= 0.6 is 12.2 Å². The third-order valence-corrected chi connectivity index (χ3v) is 2.84. The van der Waals surface area contributed by atoms with E-state index < -0.39 is 0 Å². The number of hydrogen-bond donors (Lipinski definition) is 3. The van der Waals surface area contributed by atoms with E-state index in [2.05, 4.69) is 17.6 Å². The van der Waals surface area contributed by atoms with Crippen LogP contribution in [-0.4, -0.2) is 29.4 Å². The average Bonchev–Trinajstić information content (AvgIpc) is 2.48. The van der Waals surface area contributed by atoms with E-state index in [0.29, 0.717) is 23.6 Å². The smallest absolute Gasteiger partial charge is 0.166 e. The minimum absolute atomic E-state index is 0.127. The molecular weight excluding hydrogens is 184 g/mol. The minimum atomic E-state index is 0.127. The highest BCUT2D eigenvalue weighted by Crippen LogP contribution is 2.24. The zero-order valence-corrected chi connectivity index (χ0v) is 8.86. The molecule has 1 fully saturated rings. The Bertz CT molecular complexity index is 175. The number of thiocarbonyl (C=S) groups is 1. The monoisotopic (exact) mass is 202 g/mol. The largest absolute Gasteiger partial charge is 0.395 e. The number of aliphatic hydroxyl groups is 1. The van der Waals surface area contributed by atoms with Crippen LogP contribution < -0.4 is 10.6 Å². The van der Waals surface area contributed by atoms with Gasteiger partial charge in [0.05, 0.1) is 6.61 Å². The maximum atomic E-state index is 8.58. The van der Waals surface area contributed by atoms with Crippen molar-refractivity contribution in [2.45, 2.75) is 32.2 Å². The zero-order chi connectivity index (χ0) is 9.68. The van der Waals surface area contributed by atoms with Gasteiger partial charge in [-0.05, 0) is 31.0 Å². The normalized spacial score (nSPS) is 27.2. The van der Waals surface area contributed by atoms with Crippen LogP contribution in [0, 0.1) is 5.92 Å². The van der Waals surface area contributed by atoms with Gasteiger partial charge >= 0.3 is 0 Å². The van der Waals surface area contributed by atoms with Crippen molar-refractivity contribution in [1.82, 2.24) is 10.6 Å². The molecule has 3 nitrogen and oxygen atoms in total. The van der Waals surface area contributed by atoms with Gasteiger partial charge in [0, 0.05) is 12.6 Å². The Kier molecular flexibility index (Phi) is 4.45. The minimum Gasteiger partial charge on any atom is -0.395 e. The molecule has 0 aromatic heterocycles. The fraction of sp³-hybridized carbons (Fsp3) is 0.889. The second-order valence-corrected chi connectivity index (χ2v) is 4.05. The first-order valence-electron chi connectivity index (χ1n) is 4.89. The predicted molar refractivity (Wildman–Crippen MR) is 57.6 cm³/mol. The second-order valence-electron chi connectivity index (χ2n) is 3.64. The number of aliphatic hydroxyl groups excluding tert-OH is 1. The standard InChI is InChI=1S/C9H18N2OS/c1-7-3-2-4-8(7)11-9(13)10-5-6-12/h7-8,12H,2-6H2,1H3,(H2,10,11,13). The molecular formula is C9H18N2OS. The van der Waals surface area contributed by atoms with Gasteiger partial charge in [0.25, 0.3) is 0 Å². The quantitative estimate of drug-likeness (QED) is 0.587. The Labute approximate surface area is 84.9 Å². The lowest BCUT2D eigenvalue weighted by atomic mass is 10.1. The molecule has 1 rings (SSSR count). The topological polar surface area (TPSA) is 44.3 Å². The summed E-state index contributed by atoms with van der Waals surface area (Å²) >= 11 is 5.08. The summed E-state index contributed by atoms with van der Waals surface area (Å²) < 4.78 is 0. The summed E-state index contributed by atoms with van der Waals surface area (Å²) in [4.78, 5) is 0. The molecule has 2 atom stereocenters. The summed E-state index contributed by atoms with van der Waals surface area (Å²) in [7, 11) is 0. The van der Waals surface area contributed by atoms with E-state index in [1.807, 2.05) is 0 Å². The fourth-order valence-electron chi connectivity index (χ4n) is 1.75. The van der Waals surface area contributed by atoms with Crippen LogP contribution in [0.25, 0.3) is 0 Å². The van der Waals surface area contributed by atoms with Crippen LogP contribution in [0.3, 0.4) is 0 Å². The van der Waals surface area contributed by atoms with Crippen molar-refractivity contribution in [1.29, 1.82) is 0 Å². The van der Waals surface area contributed by atoms with Crippen molar-refractivity contribution in [3.63, 3.8) is 0 Å². The van der Waals surface area contributed by atoms with E-state index in [4.69, 9.17) is 17.3 Å². The highest BCUT2D eigenvalue weighted by Gasteiger charge is 2.23. The van der Waals surface area contributed by atoms with Crippen LogP contribution in [0.2, 0.25) is 0 Å². The summed E-state index contributed by atoms with van der Waals surface area (Å²) in [6.07, 6.45) is 3.80. The lowest BCUT2D eigenvalue weighted by molar-refractivity contribution is 0.300. The lowest BCUT2D eigenvalue weighted by Gasteiger charge is -2.19. The second kappa shape index (κ2) is 5.40. The third kappa shape index (κ3) is 3.48. The Morgan fingerprint density at radius 3 is 2.85 bits per heavy atom. The molecule has 0 amide bonds. The van der Waals surface area contributed by atoms with Crippen molar-refractivity contribution < 1.29 is 5.11 Å². The summed E-state index contributed by atoms with van der Waals surface area (Å²) in [5.41, 5.74) is 0. The van der Waals surface area contributed by atoms with Gasteiger partial charge in [-0.15, -0.1) is 0 Å². The van der Waals surface area contributed by atoms with E-state index in [9.17, 15) is 0 Å². The molecule has 0 bridgehead atoms. The molecule has 3 N–H and O–H groups in total. The molecule has 0 saturated heterocycles. The van der Waals surface area contributed by atoms with Gasteiger partial charge in [-0.2, -0.15) is 0 Å². The summed E-state index contributed by atoms with van der Waals surface area (Å²) in [6, 6.07) is 0.527. The van der Waals surface area contributed by atoms with Crippen molar-refractivity contribution in [2.75, 3.05) is 13.2 Å². The number of rotatable bonds is 3. The first kappa shape index (κ1) is 10.7. The molecule has 0 spiro atoms. The van der Waals surface area contributed by atoms with Gasteiger partial charge in [0.15, 0.2) is 5.11 Å². The highest BCUT2D eigenvalue weighted by atomic mass is 32.1. The molecule has 0 aliphatic heterocycles. The van der Waals surface area contributed by atoms with E-state index in [1.54, 1.807) is 0 Å². The Balaban J connectivity index is 2.19. The average molecular weight is 202 g/mol. The molecule has 76 valence electrons. The fourth-order valence-corrected chi connectivity index (χ4v) is 2.00. The Morgan fingerprint density at radius 2 is 2.31 bits per heavy atom. The van der Waals surface area contributed by atoms with Gasteiger partial charge in [0.2, 0.25) is 0 Å². The summed E-state index contributed by atoms with van der Waals surface area (Å²) in [5.74, 6) is 0.717. The van der Waals surface area contributed by atoms with Gasteiger partial charge in [-0.1, -0.05) is 13.3 Å². The first-order valence-corrected chi connectivity index (χ1v) is 5.30. The van der Waals surface area contributed by atoms with Crippen molar-refractivity contribution in [2.24, 2.45) is 5.92 Å². The Hall–Kier alpha value is -0.350. The molecule has 0 aromatic carbocycles. The maximum absolute atomic E-state index is 8.58. The SMILES string of the molecule is CC1CCCC1NC(=S)NCCO. The highest BCUT2D eigenvalue weighted by molar-refractivity contribution is 7.80. The molecule has 4 heteroatoms. The molecule has 1 aliphatic rings. The van der Waals surface area contributed by atoms with E-state index >= 15 is 0 Å². The van der Waals surface area contributed by atoms with Crippen LogP contribution in [0.5, 0.6) is 0 Å². The maximum Gasteiger partial charge on any atom is 0.166 e. The third-order valence-electron chi connectivity index (χ3n) is 2.58. The molecule has 0 aromatic rings. The van der Waals surface area contributed by atoms with Crippen LogP contribution in [0.4, 0.5) is 0 Å². The zero-order valence-electron chi connectivity index (χ0n) is 8.05. The summed E-state index contributed by atoms with van der Waals surface area (Å²) in [6.45, 7) is 2.91. The molecule has 0 heterocycles. The van der Waals surface area contributed by atoms with Gasteiger partial charge in [-0.3, -0.25) is 0 Å². The Morgan fingerprint density at radius 1 is 1.54 bits per heavy atom. The molecule has 0 radical (unpaired) electrons. The van der Waals surface area contributed by atoms with Crippen LogP contribution in [0.15, 0.2) is 0 Å². The van der Waals surface area contributed by atoms with Crippen molar-refractivity contribution >= 4 is 17.3 Å². The van der Waals surface area contributed by atoms with Gasteiger partial charge < -0.3 is 15.7 Å². The van der Waals surface area contributed by atoms with Crippen molar-refractivity contribution in [3.05, 3.63) is 0 Å². The molecule has 1 aliphatic carbocycles. The lowest BCUT2D eigenvalue weighted by Crippen LogP contribution is -2.43. The number of nitrogens with one attached hydrogen (secondary N) is 2. The first-order chi connectivity index (χ1) is 6.24. The molecule has 2 unspecified atom stereocenters. The van der Waals surface area contributed by atoms with Crippen LogP contribution in [0.1, 0.15) is 26.2 Å². The number of hydrogen-bond acceptors (Lipinski definition) is 2. The van der Waals surface area contributed by atoms with E-state index in [0.717, 1.165) is 0 Å². The van der Waals surface area contributed by atoms with Gasteiger partial charge in [-0.25, -0.2) is 0 Å². The van der Waals surface area contributed by atoms with Crippen LogP contribution in [-0.2, 0) is 0 Å². The summed E-state index contributed by atoms with van der Waals surface area (Å²) in [5, 5.41) is 15.5.